The second-order valence-electron chi connectivity index (χ2n) is 6.56. The van der Waals surface area contributed by atoms with Crippen molar-refractivity contribution in [2.45, 2.75) is 37.6 Å². The van der Waals surface area contributed by atoms with Crippen LogP contribution in [0.2, 0.25) is 0 Å². The number of benzene rings is 1. The number of hydrogen-bond donors (Lipinski definition) is 1. The van der Waals surface area contributed by atoms with Gasteiger partial charge in [0.15, 0.2) is 0 Å². The Labute approximate surface area is 142 Å². The van der Waals surface area contributed by atoms with E-state index in [-0.39, 0.29) is 17.4 Å². The van der Waals surface area contributed by atoms with E-state index in [2.05, 4.69) is 5.32 Å². The standard InChI is InChI=1S/C18H24N2O4/c1-23-14-3-4-15(24-2)13(11-14)12-17(22)20-9-7-18(8-10-20)6-5-16(21)19-18/h3-4,11H,5-10,12H2,1-2H3,(H,19,21). The molecule has 3 rings (SSSR count). The summed E-state index contributed by atoms with van der Waals surface area (Å²) in [5.41, 5.74) is 0.748. The Morgan fingerprint density at radius 3 is 2.54 bits per heavy atom. The van der Waals surface area contributed by atoms with Crippen LogP contribution in [0.4, 0.5) is 0 Å². The SMILES string of the molecule is COc1ccc(OC)c(CC(=O)N2CCC3(CCC(=O)N3)CC2)c1. The number of carbonyl (C=O) groups excluding carboxylic acids is 2. The Bertz CT molecular complexity index is 636. The Kier molecular flexibility index (Phi) is 4.64. The molecule has 0 aliphatic carbocycles. The number of rotatable bonds is 4. The molecule has 2 aliphatic rings. The van der Waals surface area contributed by atoms with Gasteiger partial charge in [-0.25, -0.2) is 0 Å². The van der Waals surface area contributed by atoms with Crippen LogP contribution in [-0.2, 0) is 16.0 Å². The van der Waals surface area contributed by atoms with Gasteiger partial charge < -0.3 is 19.7 Å². The minimum atomic E-state index is -0.0818. The summed E-state index contributed by atoms with van der Waals surface area (Å²) in [7, 11) is 3.20. The predicted octanol–water partition coefficient (Wildman–Crippen LogP) is 1.52. The van der Waals surface area contributed by atoms with Gasteiger partial charge in [0.25, 0.3) is 0 Å². The number of likely N-dealkylation sites (tertiary alicyclic amines) is 1. The molecule has 0 unspecified atom stereocenters. The molecular weight excluding hydrogens is 308 g/mol. The molecule has 2 heterocycles. The van der Waals surface area contributed by atoms with E-state index in [1.807, 2.05) is 23.1 Å². The van der Waals surface area contributed by atoms with Gasteiger partial charge in [0.1, 0.15) is 11.5 Å². The monoisotopic (exact) mass is 332 g/mol. The van der Waals surface area contributed by atoms with Crippen LogP contribution in [0.15, 0.2) is 18.2 Å². The van der Waals surface area contributed by atoms with E-state index in [0.29, 0.717) is 37.4 Å². The van der Waals surface area contributed by atoms with Crippen molar-refractivity contribution in [3.8, 4) is 11.5 Å². The predicted molar refractivity (Wildman–Crippen MR) is 89.2 cm³/mol. The van der Waals surface area contributed by atoms with Gasteiger partial charge >= 0.3 is 0 Å². The molecule has 0 bridgehead atoms. The lowest BCUT2D eigenvalue weighted by atomic mass is 9.86. The summed E-state index contributed by atoms with van der Waals surface area (Å²) in [4.78, 5) is 26.0. The summed E-state index contributed by atoms with van der Waals surface area (Å²) in [5, 5.41) is 3.10. The highest BCUT2D eigenvalue weighted by atomic mass is 16.5. The molecule has 6 nitrogen and oxygen atoms in total. The van der Waals surface area contributed by atoms with Crippen LogP contribution in [0.5, 0.6) is 11.5 Å². The summed E-state index contributed by atoms with van der Waals surface area (Å²) >= 11 is 0. The van der Waals surface area contributed by atoms with E-state index in [1.54, 1.807) is 14.2 Å². The summed E-state index contributed by atoms with van der Waals surface area (Å²) in [6.45, 7) is 1.37. The highest BCUT2D eigenvalue weighted by molar-refractivity contribution is 5.81. The molecule has 0 atom stereocenters. The van der Waals surface area contributed by atoms with E-state index < -0.39 is 0 Å². The topological polar surface area (TPSA) is 67.9 Å². The van der Waals surface area contributed by atoms with Crippen molar-refractivity contribution in [2.75, 3.05) is 27.3 Å². The van der Waals surface area contributed by atoms with Gasteiger partial charge in [-0.3, -0.25) is 9.59 Å². The molecule has 1 aromatic rings. The van der Waals surface area contributed by atoms with E-state index in [1.165, 1.54) is 0 Å². The lowest BCUT2D eigenvalue weighted by Gasteiger charge is -2.39. The van der Waals surface area contributed by atoms with Crippen LogP contribution in [0.3, 0.4) is 0 Å². The molecule has 2 aliphatic heterocycles. The Morgan fingerprint density at radius 1 is 1.21 bits per heavy atom. The van der Waals surface area contributed by atoms with Gasteiger partial charge in [-0.05, 0) is 37.5 Å². The van der Waals surface area contributed by atoms with Gasteiger partial charge in [-0.15, -0.1) is 0 Å². The first-order valence-electron chi connectivity index (χ1n) is 8.35. The molecular formula is C18H24N2O4. The number of hydrogen-bond acceptors (Lipinski definition) is 4. The zero-order valence-corrected chi connectivity index (χ0v) is 14.3. The zero-order chi connectivity index (χ0) is 17.2. The van der Waals surface area contributed by atoms with Crippen molar-refractivity contribution in [1.29, 1.82) is 0 Å². The molecule has 0 aromatic heterocycles. The van der Waals surface area contributed by atoms with Crippen molar-refractivity contribution in [2.24, 2.45) is 0 Å². The van der Waals surface area contributed by atoms with Crippen molar-refractivity contribution < 1.29 is 19.1 Å². The first-order chi connectivity index (χ1) is 11.5. The molecule has 1 aromatic carbocycles. The number of piperidine rings is 1. The smallest absolute Gasteiger partial charge is 0.227 e. The third kappa shape index (κ3) is 3.32. The molecule has 0 radical (unpaired) electrons. The number of ether oxygens (including phenoxy) is 2. The third-order valence-electron chi connectivity index (χ3n) is 5.14. The van der Waals surface area contributed by atoms with Crippen LogP contribution in [0.1, 0.15) is 31.2 Å². The quantitative estimate of drug-likeness (QED) is 0.908. The Hall–Kier alpha value is -2.24. The summed E-state index contributed by atoms with van der Waals surface area (Å²) in [6.07, 6.45) is 3.45. The molecule has 2 saturated heterocycles. The summed E-state index contributed by atoms with van der Waals surface area (Å²) in [6, 6.07) is 5.49. The van der Waals surface area contributed by atoms with Crippen molar-refractivity contribution in [1.82, 2.24) is 10.2 Å². The maximum atomic E-state index is 12.6. The maximum Gasteiger partial charge on any atom is 0.227 e. The fraction of sp³-hybridized carbons (Fsp3) is 0.556. The first kappa shape index (κ1) is 16.6. The van der Waals surface area contributed by atoms with Crippen LogP contribution in [-0.4, -0.2) is 49.6 Å². The fourth-order valence-corrected chi connectivity index (χ4v) is 3.63. The number of amides is 2. The molecule has 130 valence electrons. The van der Waals surface area contributed by atoms with Gasteiger partial charge in [0.2, 0.25) is 11.8 Å². The maximum absolute atomic E-state index is 12.6. The van der Waals surface area contributed by atoms with Gasteiger partial charge in [-0.2, -0.15) is 0 Å². The summed E-state index contributed by atoms with van der Waals surface area (Å²) in [5.74, 6) is 1.63. The molecule has 0 saturated carbocycles. The third-order valence-corrected chi connectivity index (χ3v) is 5.14. The van der Waals surface area contributed by atoms with Gasteiger partial charge in [0.05, 0.1) is 20.6 Å². The van der Waals surface area contributed by atoms with E-state index in [9.17, 15) is 9.59 Å². The van der Waals surface area contributed by atoms with Gasteiger partial charge in [-0.1, -0.05) is 0 Å². The first-order valence-corrected chi connectivity index (χ1v) is 8.35. The van der Waals surface area contributed by atoms with Crippen molar-refractivity contribution in [3.63, 3.8) is 0 Å². The van der Waals surface area contributed by atoms with E-state index in [0.717, 1.165) is 24.8 Å². The van der Waals surface area contributed by atoms with Crippen LogP contribution < -0.4 is 14.8 Å². The second-order valence-corrected chi connectivity index (χ2v) is 6.56. The molecule has 24 heavy (non-hydrogen) atoms. The lowest BCUT2D eigenvalue weighted by molar-refractivity contribution is -0.132. The van der Waals surface area contributed by atoms with Crippen LogP contribution in [0, 0.1) is 0 Å². The summed E-state index contributed by atoms with van der Waals surface area (Å²) < 4.78 is 10.6. The molecule has 1 N–H and O–H groups in total. The van der Waals surface area contributed by atoms with Crippen molar-refractivity contribution in [3.05, 3.63) is 23.8 Å². The van der Waals surface area contributed by atoms with Crippen molar-refractivity contribution >= 4 is 11.8 Å². The number of nitrogens with zero attached hydrogens (tertiary/aromatic N) is 1. The van der Waals surface area contributed by atoms with Crippen LogP contribution >= 0.6 is 0 Å². The number of methoxy groups -OCH3 is 2. The molecule has 6 heteroatoms. The number of carbonyl (C=O) groups is 2. The molecule has 2 fully saturated rings. The van der Waals surface area contributed by atoms with E-state index >= 15 is 0 Å². The average Bonchev–Trinajstić information content (AvgIpc) is 2.95. The molecule has 1 spiro atoms. The second kappa shape index (κ2) is 6.71. The fourth-order valence-electron chi connectivity index (χ4n) is 3.63. The minimum Gasteiger partial charge on any atom is -0.497 e. The highest BCUT2D eigenvalue weighted by Gasteiger charge is 2.40. The van der Waals surface area contributed by atoms with Crippen LogP contribution in [0.25, 0.3) is 0 Å². The molecule has 2 amide bonds. The Morgan fingerprint density at radius 2 is 1.96 bits per heavy atom. The highest BCUT2D eigenvalue weighted by Crippen LogP contribution is 2.32. The van der Waals surface area contributed by atoms with E-state index in [4.69, 9.17) is 9.47 Å². The minimum absolute atomic E-state index is 0.0818. The average molecular weight is 332 g/mol. The Balaban J connectivity index is 1.63. The van der Waals surface area contributed by atoms with Gasteiger partial charge in [0, 0.05) is 30.6 Å². The lowest BCUT2D eigenvalue weighted by Crippen LogP contribution is -2.52. The largest absolute Gasteiger partial charge is 0.497 e. The zero-order valence-electron chi connectivity index (χ0n) is 14.3. The normalized spacial score (nSPS) is 19.2. The number of nitrogens with one attached hydrogen (secondary N) is 1.